The third-order valence-electron chi connectivity index (χ3n) is 3.59. The van der Waals surface area contributed by atoms with Gasteiger partial charge in [-0.25, -0.2) is 8.42 Å². The van der Waals surface area contributed by atoms with Crippen LogP contribution in [0.1, 0.15) is 12.8 Å². The van der Waals surface area contributed by atoms with Gasteiger partial charge < -0.3 is 9.84 Å². The number of para-hydroxylation sites is 1. The van der Waals surface area contributed by atoms with E-state index < -0.39 is 21.7 Å². The molecule has 1 aromatic rings. The molecule has 0 radical (unpaired) electrons. The van der Waals surface area contributed by atoms with E-state index in [2.05, 4.69) is 0 Å². The second-order valence-corrected chi connectivity index (χ2v) is 7.29. The number of carbonyl (C=O) groups is 1. The van der Waals surface area contributed by atoms with Crippen molar-refractivity contribution in [2.75, 3.05) is 18.1 Å². The lowest BCUT2D eigenvalue weighted by atomic mass is 9.89. The fourth-order valence-electron chi connectivity index (χ4n) is 2.52. The third-order valence-corrected chi connectivity index (χ3v) is 5.39. The zero-order valence-corrected chi connectivity index (χ0v) is 11.9. The molecule has 0 amide bonds. The summed E-state index contributed by atoms with van der Waals surface area (Å²) in [6, 6.07) is 9.16. The molecule has 1 heterocycles. The van der Waals surface area contributed by atoms with E-state index in [0.717, 1.165) is 0 Å². The van der Waals surface area contributed by atoms with Gasteiger partial charge in [-0.15, -0.1) is 0 Å². The molecule has 0 saturated carbocycles. The van der Waals surface area contributed by atoms with E-state index in [4.69, 9.17) is 4.74 Å². The summed E-state index contributed by atoms with van der Waals surface area (Å²) in [6.07, 6.45) is 0.759. The number of carboxylic acids is 1. The fraction of sp³-hybridized carbons (Fsp3) is 0.500. The van der Waals surface area contributed by atoms with Crippen molar-refractivity contribution in [1.82, 2.24) is 0 Å². The van der Waals surface area contributed by atoms with E-state index in [1.54, 1.807) is 12.1 Å². The highest BCUT2D eigenvalue weighted by Gasteiger charge is 2.37. The van der Waals surface area contributed by atoms with Crippen LogP contribution in [-0.4, -0.2) is 37.6 Å². The Morgan fingerprint density at radius 1 is 1.35 bits per heavy atom. The number of hydrogen-bond acceptors (Lipinski definition) is 4. The second kappa shape index (κ2) is 6.26. The lowest BCUT2D eigenvalue weighted by molar-refractivity contribution is -0.143. The van der Waals surface area contributed by atoms with Crippen LogP contribution in [-0.2, 0) is 14.6 Å². The summed E-state index contributed by atoms with van der Waals surface area (Å²) in [5.74, 6) is -1.12. The minimum atomic E-state index is -3.06. The number of ether oxygens (including phenoxy) is 1. The Labute approximate surface area is 118 Å². The molecule has 20 heavy (non-hydrogen) atoms. The van der Waals surface area contributed by atoms with E-state index in [0.29, 0.717) is 18.6 Å². The molecule has 0 aromatic heterocycles. The molecule has 1 fully saturated rings. The van der Waals surface area contributed by atoms with Gasteiger partial charge in [-0.2, -0.15) is 0 Å². The van der Waals surface area contributed by atoms with Crippen molar-refractivity contribution >= 4 is 15.8 Å². The molecule has 0 spiro atoms. The Kier molecular flexibility index (Phi) is 4.65. The van der Waals surface area contributed by atoms with Gasteiger partial charge in [0, 0.05) is 0 Å². The zero-order valence-electron chi connectivity index (χ0n) is 11.1. The zero-order chi connectivity index (χ0) is 14.6. The molecule has 0 aliphatic carbocycles. The van der Waals surface area contributed by atoms with Crippen molar-refractivity contribution in [3.05, 3.63) is 30.3 Å². The van der Waals surface area contributed by atoms with Crippen molar-refractivity contribution in [2.45, 2.75) is 12.8 Å². The number of carboxylic acid groups (broad SMARTS) is 1. The molecular weight excluding hydrogens is 280 g/mol. The molecule has 2 atom stereocenters. The summed E-state index contributed by atoms with van der Waals surface area (Å²) >= 11 is 0. The predicted molar refractivity (Wildman–Crippen MR) is 74.4 cm³/mol. The lowest BCUT2D eigenvalue weighted by Crippen LogP contribution is -2.26. The highest BCUT2D eigenvalue weighted by atomic mass is 32.2. The molecule has 1 saturated heterocycles. The molecule has 2 unspecified atom stereocenters. The standard InChI is InChI=1S/C14H18O5S/c15-14(16)13(11-7-9-20(17,18)10-11)6-8-19-12-4-2-1-3-5-12/h1-5,11,13H,6-10H2,(H,15,16). The summed E-state index contributed by atoms with van der Waals surface area (Å²) in [4.78, 5) is 11.3. The molecule has 5 nitrogen and oxygen atoms in total. The minimum absolute atomic E-state index is 0.0185. The maximum Gasteiger partial charge on any atom is 0.306 e. The Bertz CT molecular complexity index is 552. The first-order valence-electron chi connectivity index (χ1n) is 6.59. The molecule has 6 heteroatoms. The second-order valence-electron chi connectivity index (χ2n) is 5.06. The fourth-order valence-corrected chi connectivity index (χ4v) is 4.40. The summed E-state index contributed by atoms with van der Waals surface area (Å²) in [5.41, 5.74) is 0. The quantitative estimate of drug-likeness (QED) is 0.862. The summed E-state index contributed by atoms with van der Waals surface area (Å²) in [7, 11) is -3.06. The topological polar surface area (TPSA) is 80.7 Å². The number of aliphatic carboxylic acids is 1. The highest BCUT2D eigenvalue weighted by molar-refractivity contribution is 7.91. The molecule has 1 aliphatic rings. The monoisotopic (exact) mass is 298 g/mol. The number of rotatable bonds is 6. The average molecular weight is 298 g/mol. The van der Waals surface area contributed by atoms with Crippen molar-refractivity contribution in [2.24, 2.45) is 11.8 Å². The Morgan fingerprint density at radius 3 is 2.60 bits per heavy atom. The van der Waals surface area contributed by atoms with Crippen LogP contribution in [0.4, 0.5) is 0 Å². The molecular formula is C14H18O5S. The van der Waals surface area contributed by atoms with Crippen molar-refractivity contribution < 1.29 is 23.1 Å². The number of hydrogen-bond donors (Lipinski definition) is 1. The molecule has 2 rings (SSSR count). The van der Waals surface area contributed by atoms with E-state index in [9.17, 15) is 18.3 Å². The van der Waals surface area contributed by atoms with E-state index in [-0.39, 0.29) is 24.0 Å². The number of benzene rings is 1. The van der Waals surface area contributed by atoms with Crippen LogP contribution in [0.5, 0.6) is 5.75 Å². The van der Waals surface area contributed by atoms with Crippen molar-refractivity contribution in [3.8, 4) is 5.75 Å². The van der Waals surface area contributed by atoms with Gasteiger partial charge in [0.25, 0.3) is 0 Å². The smallest absolute Gasteiger partial charge is 0.306 e. The van der Waals surface area contributed by atoms with Gasteiger partial charge in [-0.3, -0.25) is 4.79 Å². The van der Waals surface area contributed by atoms with E-state index in [1.807, 2.05) is 18.2 Å². The minimum Gasteiger partial charge on any atom is -0.494 e. The average Bonchev–Trinajstić information content (AvgIpc) is 2.75. The van der Waals surface area contributed by atoms with Crippen LogP contribution in [0.15, 0.2) is 30.3 Å². The van der Waals surface area contributed by atoms with Crippen LogP contribution in [0.3, 0.4) is 0 Å². The highest BCUT2D eigenvalue weighted by Crippen LogP contribution is 2.28. The molecule has 0 bridgehead atoms. The van der Waals surface area contributed by atoms with Gasteiger partial charge in [0.1, 0.15) is 5.75 Å². The Hall–Kier alpha value is -1.56. The first kappa shape index (κ1) is 14.8. The summed E-state index contributed by atoms with van der Waals surface area (Å²) < 4.78 is 28.4. The molecule has 1 N–H and O–H groups in total. The van der Waals surface area contributed by atoms with Gasteiger partial charge in [0.2, 0.25) is 0 Å². The molecule has 1 aliphatic heterocycles. The first-order valence-corrected chi connectivity index (χ1v) is 8.41. The lowest BCUT2D eigenvalue weighted by Gasteiger charge is -2.18. The Morgan fingerprint density at radius 2 is 2.05 bits per heavy atom. The van der Waals surface area contributed by atoms with Crippen molar-refractivity contribution in [3.63, 3.8) is 0 Å². The van der Waals surface area contributed by atoms with Crippen molar-refractivity contribution in [1.29, 1.82) is 0 Å². The first-order chi connectivity index (χ1) is 9.48. The van der Waals surface area contributed by atoms with E-state index in [1.165, 1.54) is 0 Å². The van der Waals surface area contributed by atoms with Crippen LogP contribution in [0.25, 0.3) is 0 Å². The van der Waals surface area contributed by atoms with E-state index >= 15 is 0 Å². The summed E-state index contributed by atoms with van der Waals surface area (Å²) in [6.45, 7) is 0.275. The predicted octanol–water partition coefficient (Wildman–Crippen LogP) is 1.59. The van der Waals surface area contributed by atoms with Gasteiger partial charge >= 0.3 is 5.97 Å². The van der Waals surface area contributed by atoms with Crippen LogP contribution in [0, 0.1) is 11.8 Å². The largest absolute Gasteiger partial charge is 0.494 e. The maximum atomic E-state index is 11.4. The van der Waals surface area contributed by atoms with Crippen LogP contribution >= 0.6 is 0 Å². The van der Waals surface area contributed by atoms with Gasteiger partial charge in [0.15, 0.2) is 9.84 Å². The molecule has 110 valence electrons. The maximum absolute atomic E-state index is 11.4. The Balaban J connectivity index is 1.89. The van der Waals surface area contributed by atoms with Gasteiger partial charge in [-0.05, 0) is 30.9 Å². The van der Waals surface area contributed by atoms with Gasteiger partial charge in [-0.1, -0.05) is 18.2 Å². The van der Waals surface area contributed by atoms with Crippen LogP contribution < -0.4 is 4.74 Å². The van der Waals surface area contributed by atoms with Crippen LogP contribution in [0.2, 0.25) is 0 Å². The number of sulfone groups is 1. The third kappa shape index (κ3) is 3.96. The van der Waals surface area contributed by atoms with Gasteiger partial charge in [0.05, 0.1) is 24.0 Å². The normalized spacial score (nSPS) is 22.3. The summed E-state index contributed by atoms with van der Waals surface area (Å²) in [5, 5.41) is 9.25. The molecule has 1 aromatic carbocycles. The SMILES string of the molecule is O=C(O)C(CCOc1ccccc1)C1CCS(=O)(=O)C1.